The van der Waals surface area contributed by atoms with Gasteiger partial charge < -0.3 is 11.1 Å². The summed E-state index contributed by atoms with van der Waals surface area (Å²) in [6.07, 6.45) is 3.62. The number of amides is 1. The van der Waals surface area contributed by atoms with Gasteiger partial charge in [0, 0.05) is 13.0 Å². The number of nitrogens with two attached hydrogens (primary N) is 1. The SMILES string of the molecule is CCC1(CN)CCCC(=O)N1. The average molecular weight is 156 g/mol. The minimum atomic E-state index is -0.0880. The highest BCUT2D eigenvalue weighted by molar-refractivity contribution is 5.77. The zero-order valence-corrected chi connectivity index (χ0v) is 7.02. The molecule has 0 aliphatic carbocycles. The Labute approximate surface area is 67.3 Å². The van der Waals surface area contributed by atoms with Crippen molar-refractivity contribution in [1.29, 1.82) is 0 Å². The Morgan fingerprint density at radius 2 is 2.45 bits per heavy atom. The molecule has 3 N–H and O–H groups in total. The number of carbonyl (C=O) groups excluding carboxylic acids is 1. The van der Waals surface area contributed by atoms with Crippen molar-refractivity contribution >= 4 is 5.91 Å². The third-order valence-electron chi connectivity index (χ3n) is 2.53. The van der Waals surface area contributed by atoms with Crippen LogP contribution < -0.4 is 11.1 Å². The van der Waals surface area contributed by atoms with Crippen molar-refractivity contribution in [3.63, 3.8) is 0 Å². The summed E-state index contributed by atoms with van der Waals surface area (Å²) in [6, 6.07) is 0. The molecule has 1 atom stereocenters. The van der Waals surface area contributed by atoms with E-state index >= 15 is 0 Å². The molecule has 1 saturated heterocycles. The second-order valence-electron chi connectivity index (χ2n) is 3.24. The lowest BCUT2D eigenvalue weighted by Gasteiger charge is -2.36. The number of piperidine rings is 1. The Bertz CT molecular complexity index is 152. The Hall–Kier alpha value is -0.570. The first kappa shape index (κ1) is 8.53. The first-order valence-electron chi connectivity index (χ1n) is 4.23. The highest BCUT2D eigenvalue weighted by Gasteiger charge is 2.31. The van der Waals surface area contributed by atoms with E-state index in [9.17, 15) is 4.79 Å². The van der Waals surface area contributed by atoms with Crippen molar-refractivity contribution in [3.8, 4) is 0 Å². The molecule has 0 aromatic carbocycles. The van der Waals surface area contributed by atoms with Crippen molar-refractivity contribution in [2.24, 2.45) is 5.73 Å². The molecule has 0 aromatic rings. The molecule has 0 bridgehead atoms. The Morgan fingerprint density at radius 1 is 1.73 bits per heavy atom. The lowest BCUT2D eigenvalue weighted by atomic mass is 9.86. The van der Waals surface area contributed by atoms with Gasteiger partial charge in [-0.15, -0.1) is 0 Å². The van der Waals surface area contributed by atoms with Gasteiger partial charge in [-0.1, -0.05) is 6.92 Å². The summed E-state index contributed by atoms with van der Waals surface area (Å²) >= 11 is 0. The fourth-order valence-electron chi connectivity index (χ4n) is 1.57. The van der Waals surface area contributed by atoms with Crippen LogP contribution in [0.4, 0.5) is 0 Å². The predicted molar refractivity (Wildman–Crippen MR) is 44.1 cm³/mol. The summed E-state index contributed by atoms with van der Waals surface area (Å²) < 4.78 is 0. The van der Waals surface area contributed by atoms with Gasteiger partial charge in [0.2, 0.25) is 5.91 Å². The van der Waals surface area contributed by atoms with Crippen LogP contribution in [-0.4, -0.2) is 18.0 Å². The number of hydrogen-bond donors (Lipinski definition) is 2. The van der Waals surface area contributed by atoms with Crippen LogP contribution >= 0.6 is 0 Å². The molecule has 1 fully saturated rings. The summed E-state index contributed by atoms with van der Waals surface area (Å²) in [4.78, 5) is 11.0. The minimum Gasteiger partial charge on any atom is -0.349 e. The summed E-state index contributed by atoms with van der Waals surface area (Å²) in [6.45, 7) is 2.63. The zero-order valence-electron chi connectivity index (χ0n) is 7.02. The van der Waals surface area contributed by atoms with Crippen molar-refractivity contribution in [2.75, 3.05) is 6.54 Å². The van der Waals surface area contributed by atoms with Crippen LogP contribution in [0.25, 0.3) is 0 Å². The molecule has 0 spiro atoms. The standard InChI is InChI=1S/C8H16N2O/c1-2-8(6-9)5-3-4-7(11)10-8/h2-6,9H2,1H3,(H,10,11). The maximum atomic E-state index is 11.0. The van der Waals surface area contributed by atoms with Gasteiger partial charge in [0.05, 0.1) is 5.54 Å². The lowest BCUT2D eigenvalue weighted by molar-refractivity contribution is -0.125. The third kappa shape index (κ3) is 1.71. The van der Waals surface area contributed by atoms with E-state index in [1.54, 1.807) is 0 Å². The van der Waals surface area contributed by atoms with Gasteiger partial charge in [0.25, 0.3) is 0 Å². The molecular formula is C8H16N2O. The fraction of sp³-hybridized carbons (Fsp3) is 0.875. The van der Waals surface area contributed by atoms with E-state index in [4.69, 9.17) is 5.73 Å². The fourth-order valence-corrected chi connectivity index (χ4v) is 1.57. The quantitative estimate of drug-likeness (QED) is 0.608. The van der Waals surface area contributed by atoms with E-state index in [0.717, 1.165) is 19.3 Å². The van der Waals surface area contributed by atoms with Crippen LogP contribution in [0.15, 0.2) is 0 Å². The summed E-state index contributed by atoms with van der Waals surface area (Å²) in [5.41, 5.74) is 5.51. The van der Waals surface area contributed by atoms with Crippen molar-refractivity contribution in [1.82, 2.24) is 5.32 Å². The van der Waals surface area contributed by atoms with Crippen molar-refractivity contribution in [2.45, 2.75) is 38.1 Å². The monoisotopic (exact) mass is 156 g/mol. The maximum absolute atomic E-state index is 11.0. The molecule has 3 nitrogen and oxygen atoms in total. The molecule has 1 amide bonds. The normalized spacial score (nSPS) is 31.6. The second kappa shape index (κ2) is 3.22. The van der Waals surface area contributed by atoms with E-state index in [1.807, 2.05) is 0 Å². The molecular weight excluding hydrogens is 140 g/mol. The van der Waals surface area contributed by atoms with Crippen LogP contribution in [0.5, 0.6) is 0 Å². The Kier molecular flexibility index (Phi) is 2.49. The highest BCUT2D eigenvalue weighted by atomic mass is 16.1. The van der Waals surface area contributed by atoms with E-state index in [-0.39, 0.29) is 11.4 Å². The maximum Gasteiger partial charge on any atom is 0.220 e. The van der Waals surface area contributed by atoms with Crippen molar-refractivity contribution in [3.05, 3.63) is 0 Å². The molecule has 1 aliphatic rings. The molecule has 0 saturated carbocycles. The summed E-state index contributed by atoms with van der Waals surface area (Å²) in [5, 5.41) is 2.97. The van der Waals surface area contributed by atoms with Crippen LogP contribution in [0.2, 0.25) is 0 Å². The number of hydrogen-bond acceptors (Lipinski definition) is 2. The van der Waals surface area contributed by atoms with Gasteiger partial charge in [-0.05, 0) is 19.3 Å². The molecule has 0 radical (unpaired) electrons. The van der Waals surface area contributed by atoms with E-state index in [2.05, 4.69) is 12.2 Å². The molecule has 1 rings (SSSR count). The van der Waals surface area contributed by atoms with Crippen LogP contribution in [0, 0.1) is 0 Å². The van der Waals surface area contributed by atoms with Gasteiger partial charge in [-0.2, -0.15) is 0 Å². The Morgan fingerprint density at radius 3 is 2.82 bits per heavy atom. The number of nitrogens with one attached hydrogen (secondary N) is 1. The largest absolute Gasteiger partial charge is 0.349 e. The van der Waals surface area contributed by atoms with E-state index in [1.165, 1.54) is 0 Å². The van der Waals surface area contributed by atoms with Gasteiger partial charge in [-0.25, -0.2) is 0 Å². The molecule has 3 heteroatoms. The van der Waals surface area contributed by atoms with Gasteiger partial charge in [0.15, 0.2) is 0 Å². The van der Waals surface area contributed by atoms with Crippen LogP contribution in [0.3, 0.4) is 0 Å². The smallest absolute Gasteiger partial charge is 0.220 e. The van der Waals surface area contributed by atoms with Gasteiger partial charge in [0.1, 0.15) is 0 Å². The molecule has 64 valence electrons. The minimum absolute atomic E-state index is 0.0880. The zero-order chi connectivity index (χ0) is 8.32. The lowest BCUT2D eigenvalue weighted by Crippen LogP contribution is -2.55. The molecule has 0 aromatic heterocycles. The molecule has 11 heavy (non-hydrogen) atoms. The molecule has 1 heterocycles. The van der Waals surface area contributed by atoms with E-state index < -0.39 is 0 Å². The van der Waals surface area contributed by atoms with Gasteiger partial charge in [-0.3, -0.25) is 4.79 Å². The first-order chi connectivity index (χ1) is 5.22. The predicted octanol–water partition coefficient (Wildman–Crippen LogP) is 0.394. The number of rotatable bonds is 2. The second-order valence-corrected chi connectivity index (χ2v) is 3.24. The van der Waals surface area contributed by atoms with Crippen LogP contribution in [0.1, 0.15) is 32.6 Å². The third-order valence-corrected chi connectivity index (χ3v) is 2.53. The summed E-state index contributed by atoms with van der Waals surface area (Å²) in [5.74, 6) is 0.156. The van der Waals surface area contributed by atoms with E-state index in [0.29, 0.717) is 13.0 Å². The molecule has 1 unspecified atom stereocenters. The summed E-state index contributed by atoms with van der Waals surface area (Å²) in [7, 11) is 0. The number of carbonyl (C=O) groups is 1. The molecule has 1 aliphatic heterocycles. The van der Waals surface area contributed by atoms with Crippen molar-refractivity contribution < 1.29 is 4.79 Å². The first-order valence-corrected chi connectivity index (χ1v) is 4.23. The highest BCUT2D eigenvalue weighted by Crippen LogP contribution is 2.21. The topological polar surface area (TPSA) is 55.1 Å². The van der Waals surface area contributed by atoms with Crippen LogP contribution in [-0.2, 0) is 4.79 Å². The van der Waals surface area contributed by atoms with Gasteiger partial charge >= 0.3 is 0 Å². The Balaban J connectivity index is 2.59. The average Bonchev–Trinajstić information content (AvgIpc) is 2.04.